The Labute approximate surface area is 72.0 Å². The zero-order valence-corrected chi connectivity index (χ0v) is 7.48. The second kappa shape index (κ2) is 3.13. The molecule has 0 bridgehead atoms. The Balaban J connectivity index is 3.57. The van der Waals surface area contributed by atoms with Gasteiger partial charge in [-0.05, 0) is 41.1 Å². The van der Waals surface area contributed by atoms with E-state index in [-0.39, 0.29) is 5.43 Å². The summed E-state index contributed by atoms with van der Waals surface area (Å²) in [4.78, 5) is 11.1. The van der Waals surface area contributed by atoms with Crippen LogP contribution < -0.4 is 5.43 Å². The topological polar surface area (TPSA) is 17.1 Å². The first kappa shape index (κ1) is 8.40. The van der Waals surface area contributed by atoms with E-state index in [2.05, 4.69) is 15.9 Å². The molecule has 0 N–H and O–H groups in total. The lowest BCUT2D eigenvalue weighted by Gasteiger charge is -1.80. The van der Waals surface area contributed by atoms with E-state index in [1.54, 1.807) is 6.92 Å². The number of halogens is 2. The van der Waals surface area contributed by atoms with Gasteiger partial charge in [0.25, 0.3) is 0 Å². The van der Waals surface area contributed by atoms with Gasteiger partial charge in [0.15, 0.2) is 5.43 Å². The lowest BCUT2D eigenvalue weighted by atomic mass is 10.3. The van der Waals surface area contributed by atoms with Crippen LogP contribution in [0.2, 0.25) is 0 Å². The SMILES string of the molecule is Cc1cc(F)ccc(Br)c1=O. The molecule has 0 aromatic heterocycles. The van der Waals surface area contributed by atoms with Crippen molar-refractivity contribution in [2.24, 2.45) is 0 Å². The van der Waals surface area contributed by atoms with Gasteiger partial charge in [0.2, 0.25) is 0 Å². The van der Waals surface area contributed by atoms with Gasteiger partial charge < -0.3 is 0 Å². The van der Waals surface area contributed by atoms with Gasteiger partial charge in [-0.1, -0.05) is 0 Å². The Kier molecular flexibility index (Phi) is 2.39. The van der Waals surface area contributed by atoms with E-state index in [4.69, 9.17) is 0 Å². The quantitative estimate of drug-likeness (QED) is 0.651. The fourth-order valence-corrected chi connectivity index (χ4v) is 1.18. The summed E-state index contributed by atoms with van der Waals surface area (Å²) in [7, 11) is 0. The minimum absolute atomic E-state index is 0.172. The summed E-state index contributed by atoms with van der Waals surface area (Å²) in [6.45, 7) is 1.58. The predicted octanol–water partition coefficient (Wildman–Crippen LogP) is 2.26. The summed E-state index contributed by atoms with van der Waals surface area (Å²) in [5.74, 6) is -0.398. The van der Waals surface area contributed by atoms with Crippen molar-refractivity contribution < 1.29 is 4.39 Å². The lowest BCUT2D eigenvalue weighted by Crippen LogP contribution is -2.00. The van der Waals surface area contributed by atoms with E-state index in [9.17, 15) is 9.18 Å². The Morgan fingerprint density at radius 2 is 2.09 bits per heavy atom. The van der Waals surface area contributed by atoms with Crippen molar-refractivity contribution in [3.05, 3.63) is 44.3 Å². The van der Waals surface area contributed by atoms with Gasteiger partial charge in [-0.15, -0.1) is 0 Å². The van der Waals surface area contributed by atoms with Crippen molar-refractivity contribution in [3.8, 4) is 0 Å². The predicted molar refractivity (Wildman–Crippen MR) is 45.1 cm³/mol. The normalized spacial score (nSPS) is 9.73. The highest BCUT2D eigenvalue weighted by atomic mass is 79.9. The van der Waals surface area contributed by atoms with E-state index in [1.807, 2.05) is 0 Å². The molecule has 0 aliphatic carbocycles. The van der Waals surface area contributed by atoms with Crippen LogP contribution in [0, 0.1) is 12.7 Å². The molecule has 0 unspecified atom stereocenters. The van der Waals surface area contributed by atoms with E-state index < -0.39 is 5.82 Å². The van der Waals surface area contributed by atoms with Crippen molar-refractivity contribution in [3.63, 3.8) is 0 Å². The Bertz CT molecular complexity index is 335. The lowest BCUT2D eigenvalue weighted by molar-refractivity contribution is 0.628. The maximum absolute atomic E-state index is 12.6. The van der Waals surface area contributed by atoms with E-state index in [0.29, 0.717) is 10.0 Å². The molecule has 0 fully saturated rings. The molecule has 3 heteroatoms. The molecule has 11 heavy (non-hydrogen) atoms. The molecule has 0 atom stereocenters. The molecule has 1 aromatic carbocycles. The van der Waals surface area contributed by atoms with E-state index in [0.717, 1.165) is 0 Å². The Morgan fingerprint density at radius 1 is 1.45 bits per heavy atom. The summed E-state index contributed by atoms with van der Waals surface area (Å²) in [5, 5.41) is 0. The van der Waals surface area contributed by atoms with Crippen molar-refractivity contribution in [2.45, 2.75) is 6.92 Å². The maximum atomic E-state index is 12.6. The zero-order chi connectivity index (χ0) is 8.43. The summed E-state index contributed by atoms with van der Waals surface area (Å²) in [6.07, 6.45) is 0. The van der Waals surface area contributed by atoms with Gasteiger partial charge in [-0.3, -0.25) is 4.79 Å². The first-order chi connectivity index (χ1) is 5.11. The van der Waals surface area contributed by atoms with Crippen molar-refractivity contribution in [1.82, 2.24) is 0 Å². The maximum Gasteiger partial charge on any atom is 0.195 e. The van der Waals surface area contributed by atoms with Crippen LogP contribution in [0.1, 0.15) is 5.56 Å². The Morgan fingerprint density at radius 3 is 2.73 bits per heavy atom. The first-order valence-corrected chi connectivity index (χ1v) is 3.86. The van der Waals surface area contributed by atoms with Crippen LogP contribution in [0.15, 0.2) is 27.5 Å². The largest absolute Gasteiger partial charge is 0.288 e. The zero-order valence-electron chi connectivity index (χ0n) is 5.90. The van der Waals surface area contributed by atoms with E-state index >= 15 is 0 Å². The minimum Gasteiger partial charge on any atom is -0.288 e. The number of hydrogen-bond donors (Lipinski definition) is 0. The summed E-state index contributed by atoms with van der Waals surface area (Å²) in [6, 6.07) is 3.87. The number of hydrogen-bond acceptors (Lipinski definition) is 1. The molecule has 1 rings (SSSR count). The molecule has 0 saturated carbocycles. The standard InChI is InChI=1S/C8H6BrFO/c1-5-4-6(10)2-3-7(9)8(5)11/h2-4H,1H3. The Hall–Kier alpha value is -0.700. The molecular formula is C8H6BrFO. The fraction of sp³-hybridized carbons (Fsp3) is 0.125. The molecule has 0 saturated heterocycles. The molecule has 0 aliphatic rings. The average molecular weight is 217 g/mol. The molecule has 0 spiro atoms. The second-order valence-electron chi connectivity index (χ2n) is 2.22. The van der Waals surface area contributed by atoms with Crippen LogP contribution in [-0.4, -0.2) is 0 Å². The molecule has 0 radical (unpaired) electrons. The summed E-state index contributed by atoms with van der Waals surface area (Å²) < 4.78 is 13.0. The van der Waals surface area contributed by atoms with Crippen LogP contribution >= 0.6 is 15.9 Å². The molecule has 1 nitrogen and oxygen atoms in total. The van der Waals surface area contributed by atoms with Crippen LogP contribution in [0.3, 0.4) is 0 Å². The van der Waals surface area contributed by atoms with Gasteiger partial charge in [-0.2, -0.15) is 0 Å². The summed E-state index contributed by atoms with van der Waals surface area (Å²) in [5.41, 5.74) is 0.230. The molecule has 1 aromatic rings. The van der Waals surface area contributed by atoms with Crippen molar-refractivity contribution in [1.29, 1.82) is 0 Å². The second-order valence-corrected chi connectivity index (χ2v) is 3.08. The van der Waals surface area contributed by atoms with Gasteiger partial charge in [0.05, 0.1) is 4.47 Å². The molecule has 0 amide bonds. The van der Waals surface area contributed by atoms with E-state index in [1.165, 1.54) is 18.2 Å². The first-order valence-electron chi connectivity index (χ1n) is 3.07. The van der Waals surface area contributed by atoms with Crippen LogP contribution in [0.4, 0.5) is 4.39 Å². The minimum atomic E-state index is -0.398. The van der Waals surface area contributed by atoms with Crippen LogP contribution in [0.5, 0.6) is 0 Å². The fourth-order valence-electron chi connectivity index (χ4n) is 0.737. The number of aryl methyl sites for hydroxylation is 1. The highest BCUT2D eigenvalue weighted by molar-refractivity contribution is 9.10. The molecule has 0 heterocycles. The molecule has 0 aliphatic heterocycles. The van der Waals surface area contributed by atoms with Crippen LogP contribution in [-0.2, 0) is 0 Å². The third-order valence-corrected chi connectivity index (χ3v) is 1.94. The smallest absolute Gasteiger partial charge is 0.195 e. The molecular weight excluding hydrogens is 211 g/mol. The van der Waals surface area contributed by atoms with Gasteiger partial charge in [0, 0.05) is 5.56 Å². The monoisotopic (exact) mass is 216 g/mol. The average Bonchev–Trinajstić information content (AvgIpc) is 2.05. The van der Waals surface area contributed by atoms with Crippen molar-refractivity contribution in [2.75, 3.05) is 0 Å². The van der Waals surface area contributed by atoms with Crippen molar-refractivity contribution >= 4 is 15.9 Å². The third kappa shape index (κ3) is 1.87. The highest BCUT2D eigenvalue weighted by Crippen LogP contribution is 2.04. The summed E-state index contributed by atoms with van der Waals surface area (Å²) >= 11 is 3.03. The number of rotatable bonds is 0. The third-order valence-electron chi connectivity index (χ3n) is 1.32. The van der Waals surface area contributed by atoms with Gasteiger partial charge in [-0.25, -0.2) is 4.39 Å². The molecule has 58 valence electrons. The van der Waals surface area contributed by atoms with Gasteiger partial charge in [0.1, 0.15) is 5.82 Å². The van der Waals surface area contributed by atoms with Crippen LogP contribution in [0.25, 0.3) is 0 Å². The van der Waals surface area contributed by atoms with Gasteiger partial charge >= 0.3 is 0 Å². The highest BCUT2D eigenvalue weighted by Gasteiger charge is 1.97.